The summed E-state index contributed by atoms with van der Waals surface area (Å²) >= 11 is 6.15. The van der Waals surface area contributed by atoms with Crippen molar-refractivity contribution in [1.82, 2.24) is 9.97 Å². The van der Waals surface area contributed by atoms with Crippen molar-refractivity contribution >= 4 is 22.6 Å². The van der Waals surface area contributed by atoms with E-state index in [1.165, 1.54) is 12.1 Å². The first-order valence-electron chi connectivity index (χ1n) is 5.83. The molecule has 0 saturated carbocycles. The molecule has 3 aromatic rings. The molecule has 94 valence electrons. The Morgan fingerprint density at radius 3 is 2.63 bits per heavy atom. The van der Waals surface area contributed by atoms with Gasteiger partial charge in [0.05, 0.1) is 11.0 Å². The zero-order valence-electron chi connectivity index (χ0n) is 10.2. The third-order valence-corrected chi connectivity index (χ3v) is 3.14. The van der Waals surface area contributed by atoms with Gasteiger partial charge in [0.25, 0.3) is 0 Å². The van der Waals surface area contributed by atoms with Crippen LogP contribution in [-0.4, -0.2) is 9.97 Å². The number of halogens is 2. The quantitative estimate of drug-likeness (QED) is 0.656. The maximum Gasteiger partial charge on any atom is 0.156 e. The molecule has 1 aromatic heterocycles. The molecule has 4 heteroatoms. The second-order valence-corrected chi connectivity index (χ2v) is 4.72. The molecule has 0 spiro atoms. The van der Waals surface area contributed by atoms with Crippen molar-refractivity contribution in [2.75, 3.05) is 0 Å². The lowest BCUT2D eigenvalue weighted by Crippen LogP contribution is -1.92. The fourth-order valence-electron chi connectivity index (χ4n) is 1.96. The van der Waals surface area contributed by atoms with Gasteiger partial charge in [0, 0.05) is 5.56 Å². The van der Waals surface area contributed by atoms with Gasteiger partial charge >= 0.3 is 0 Å². The largest absolute Gasteiger partial charge is 0.243 e. The van der Waals surface area contributed by atoms with Gasteiger partial charge in [0.2, 0.25) is 0 Å². The van der Waals surface area contributed by atoms with Gasteiger partial charge in [-0.05, 0) is 36.8 Å². The summed E-state index contributed by atoms with van der Waals surface area (Å²) in [6.45, 7) is 1.98. The highest BCUT2D eigenvalue weighted by Crippen LogP contribution is 2.27. The van der Waals surface area contributed by atoms with Crippen molar-refractivity contribution in [2.24, 2.45) is 0 Å². The Labute approximate surface area is 114 Å². The van der Waals surface area contributed by atoms with Crippen LogP contribution in [0.25, 0.3) is 22.3 Å². The Kier molecular flexibility index (Phi) is 2.91. The summed E-state index contributed by atoms with van der Waals surface area (Å²) < 4.78 is 13.3. The van der Waals surface area contributed by atoms with Gasteiger partial charge in [-0.25, -0.2) is 14.4 Å². The molecular formula is C15H10ClFN2. The zero-order valence-corrected chi connectivity index (χ0v) is 10.9. The van der Waals surface area contributed by atoms with Crippen molar-refractivity contribution in [2.45, 2.75) is 6.92 Å². The smallest absolute Gasteiger partial charge is 0.156 e. The number of aromatic nitrogens is 2. The fourth-order valence-corrected chi connectivity index (χ4v) is 2.20. The number of fused-ring (bicyclic) bond motifs is 1. The summed E-state index contributed by atoms with van der Waals surface area (Å²) in [5.74, 6) is -0.320. The molecule has 2 aromatic carbocycles. The molecule has 0 amide bonds. The molecular weight excluding hydrogens is 263 g/mol. The van der Waals surface area contributed by atoms with E-state index in [1.54, 1.807) is 12.1 Å². The molecule has 0 aliphatic heterocycles. The van der Waals surface area contributed by atoms with Crippen LogP contribution in [0.3, 0.4) is 0 Å². The standard InChI is InChI=1S/C15H10ClFN2/c1-9-5-6-12-13(7-9)19-15(16)14(18-12)10-3-2-4-11(17)8-10/h2-8H,1H3. The minimum absolute atomic E-state index is 0.281. The number of hydrogen-bond donors (Lipinski definition) is 0. The molecule has 0 N–H and O–H groups in total. The van der Waals surface area contributed by atoms with Crippen LogP contribution in [0.15, 0.2) is 42.5 Å². The molecule has 3 rings (SSSR count). The van der Waals surface area contributed by atoms with E-state index in [2.05, 4.69) is 9.97 Å². The lowest BCUT2D eigenvalue weighted by Gasteiger charge is -2.06. The van der Waals surface area contributed by atoms with Crippen molar-refractivity contribution < 1.29 is 4.39 Å². The van der Waals surface area contributed by atoms with Gasteiger partial charge < -0.3 is 0 Å². The highest BCUT2D eigenvalue weighted by atomic mass is 35.5. The minimum Gasteiger partial charge on any atom is -0.243 e. The van der Waals surface area contributed by atoms with Crippen LogP contribution < -0.4 is 0 Å². The first kappa shape index (κ1) is 12.1. The zero-order chi connectivity index (χ0) is 13.4. The third-order valence-electron chi connectivity index (χ3n) is 2.88. The van der Waals surface area contributed by atoms with Crippen LogP contribution in [0.4, 0.5) is 4.39 Å². The summed E-state index contributed by atoms with van der Waals surface area (Å²) in [7, 11) is 0. The number of rotatable bonds is 1. The molecule has 0 aliphatic rings. The van der Waals surface area contributed by atoms with Gasteiger partial charge in [-0.2, -0.15) is 0 Å². The molecule has 0 unspecified atom stereocenters. The van der Waals surface area contributed by atoms with Crippen LogP contribution in [-0.2, 0) is 0 Å². The first-order valence-corrected chi connectivity index (χ1v) is 6.21. The fraction of sp³-hybridized carbons (Fsp3) is 0.0667. The SMILES string of the molecule is Cc1ccc2nc(-c3cccc(F)c3)c(Cl)nc2c1. The van der Waals surface area contributed by atoms with Crippen LogP contribution >= 0.6 is 11.6 Å². The molecule has 0 aliphatic carbocycles. The average Bonchev–Trinajstić information content (AvgIpc) is 2.37. The predicted molar refractivity (Wildman–Crippen MR) is 74.7 cm³/mol. The Morgan fingerprint density at radius 2 is 1.84 bits per heavy atom. The lowest BCUT2D eigenvalue weighted by atomic mass is 10.1. The van der Waals surface area contributed by atoms with Crippen molar-refractivity contribution in [3.8, 4) is 11.3 Å². The van der Waals surface area contributed by atoms with Gasteiger partial charge in [-0.3, -0.25) is 0 Å². The number of hydrogen-bond acceptors (Lipinski definition) is 2. The third kappa shape index (κ3) is 2.29. The second kappa shape index (κ2) is 4.59. The molecule has 0 radical (unpaired) electrons. The van der Waals surface area contributed by atoms with E-state index in [1.807, 2.05) is 25.1 Å². The Morgan fingerprint density at radius 1 is 1.00 bits per heavy atom. The van der Waals surface area contributed by atoms with Crippen LogP contribution in [0.5, 0.6) is 0 Å². The second-order valence-electron chi connectivity index (χ2n) is 4.37. The molecule has 2 nitrogen and oxygen atoms in total. The van der Waals surface area contributed by atoms with E-state index in [0.717, 1.165) is 16.6 Å². The number of aryl methyl sites for hydroxylation is 1. The van der Waals surface area contributed by atoms with Crippen LogP contribution in [0.2, 0.25) is 5.15 Å². The maximum atomic E-state index is 13.3. The van der Waals surface area contributed by atoms with Crippen molar-refractivity contribution in [3.63, 3.8) is 0 Å². The maximum absolute atomic E-state index is 13.3. The normalized spacial score (nSPS) is 10.9. The van der Waals surface area contributed by atoms with E-state index in [-0.39, 0.29) is 11.0 Å². The molecule has 0 fully saturated rings. The van der Waals surface area contributed by atoms with E-state index >= 15 is 0 Å². The highest BCUT2D eigenvalue weighted by molar-refractivity contribution is 6.32. The summed E-state index contributed by atoms with van der Waals surface area (Å²) in [4.78, 5) is 8.79. The molecule has 0 atom stereocenters. The minimum atomic E-state index is -0.320. The lowest BCUT2D eigenvalue weighted by molar-refractivity contribution is 0.628. The summed E-state index contributed by atoms with van der Waals surface area (Å²) in [5.41, 5.74) is 3.70. The van der Waals surface area contributed by atoms with Crippen LogP contribution in [0.1, 0.15) is 5.56 Å². The van der Waals surface area contributed by atoms with E-state index < -0.39 is 0 Å². The monoisotopic (exact) mass is 272 g/mol. The highest BCUT2D eigenvalue weighted by Gasteiger charge is 2.10. The van der Waals surface area contributed by atoms with E-state index in [0.29, 0.717) is 11.3 Å². The van der Waals surface area contributed by atoms with Gasteiger partial charge in [-0.1, -0.05) is 29.8 Å². The van der Waals surface area contributed by atoms with Gasteiger partial charge in [-0.15, -0.1) is 0 Å². The first-order chi connectivity index (χ1) is 9.13. The summed E-state index contributed by atoms with van der Waals surface area (Å²) in [5, 5.41) is 0.281. The predicted octanol–water partition coefficient (Wildman–Crippen LogP) is 4.40. The molecule has 0 bridgehead atoms. The number of benzene rings is 2. The van der Waals surface area contributed by atoms with E-state index in [9.17, 15) is 4.39 Å². The van der Waals surface area contributed by atoms with Gasteiger partial charge in [0.15, 0.2) is 5.15 Å². The topological polar surface area (TPSA) is 25.8 Å². The Hall–Kier alpha value is -2.00. The van der Waals surface area contributed by atoms with Crippen molar-refractivity contribution in [3.05, 3.63) is 59.0 Å². The molecule has 1 heterocycles. The average molecular weight is 273 g/mol. The Bertz CT molecular complexity index is 771. The van der Waals surface area contributed by atoms with Crippen LogP contribution in [0, 0.1) is 12.7 Å². The molecule has 0 saturated heterocycles. The summed E-state index contributed by atoms with van der Waals surface area (Å²) in [6.07, 6.45) is 0. The van der Waals surface area contributed by atoms with Crippen molar-refractivity contribution in [1.29, 1.82) is 0 Å². The van der Waals surface area contributed by atoms with Gasteiger partial charge in [0.1, 0.15) is 11.5 Å². The number of nitrogens with zero attached hydrogens (tertiary/aromatic N) is 2. The summed E-state index contributed by atoms with van der Waals surface area (Å²) in [6, 6.07) is 11.9. The molecule has 19 heavy (non-hydrogen) atoms. The Balaban J connectivity index is 2.24. The van der Waals surface area contributed by atoms with E-state index in [4.69, 9.17) is 11.6 Å².